The van der Waals surface area contributed by atoms with Gasteiger partial charge in [-0.05, 0) is 57.0 Å². The van der Waals surface area contributed by atoms with E-state index in [4.69, 9.17) is 0 Å². The highest BCUT2D eigenvalue weighted by atomic mass is 15.2. The van der Waals surface area contributed by atoms with Crippen LogP contribution in [0.5, 0.6) is 0 Å². The van der Waals surface area contributed by atoms with Crippen molar-refractivity contribution in [3.63, 3.8) is 0 Å². The summed E-state index contributed by atoms with van der Waals surface area (Å²) in [6, 6.07) is 0.734. The van der Waals surface area contributed by atoms with Gasteiger partial charge in [0, 0.05) is 32.2 Å². The minimum Gasteiger partial charge on any atom is -0.314 e. The predicted octanol–water partition coefficient (Wildman–Crippen LogP) is 3.11. The molecule has 0 aliphatic carbocycles. The third-order valence-corrected chi connectivity index (χ3v) is 4.48. The maximum atomic E-state index is 3.83. The van der Waals surface area contributed by atoms with Crippen LogP contribution in [0, 0.1) is 11.8 Å². The fourth-order valence-corrected chi connectivity index (χ4v) is 2.96. The van der Waals surface area contributed by atoms with E-state index in [2.05, 4.69) is 43.2 Å². The van der Waals surface area contributed by atoms with E-state index in [9.17, 15) is 0 Å². The highest BCUT2D eigenvalue weighted by molar-refractivity contribution is 4.71. The average Bonchev–Trinajstić information content (AvgIpc) is 2.46. The number of nitrogens with zero attached hydrogens (tertiary/aromatic N) is 1. The Morgan fingerprint density at radius 1 is 0.905 bits per heavy atom. The first-order valence-electron chi connectivity index (χ1n) is 9.24. The highest BCUT2D eigenvalue weighted by Gasteiger charge is 2.11. The Hall–Kier alpha value is -0.120. The van der Waals surface area contributed by atoms with Gasteiger partial charge in [0.1, 0.15) is 0 Å². The van der Waals surface area contributed by atoms with Crippen molar-refractivity contribution in [1.29, 1.82) is 0 Å². The van der Waals surface area contributed by atoms with Crippen LogP contribution in [0.2, 0.25) is 0 Å². The minimum absolute atomic E-state index is 0.734. The van der Waals surface area contributed by atoms with Gasteiger partial charge in [-0.2, -0.15) is 0 Å². The van der Waals surface area contributed by atoms with Crippen LogP contribution in [0.3, 0.4) is 0 Å². The Labute approximate surface area is 133 Å². The van der Waals surface area contributed by atoms with Gasteiger partial charge in [-0.1, -0.05) is 27.7 Å². The first-order chi connectivity index (χ1) is 10.1. The van der Waals surface area contributed by atoms with Crippen LogP contribution >= 0.6 is 0 Å². The van der Waals surface area contributed by atoms with Crippen LogP contribution in [0.4, 0.5) is 0 Å². The van der Waals surface area contributed by atoms with Gasteiger partial charge in [0.15, 0.2) is 0 Å². The molecule has 0 atom stereocenters. The molecule has 1 rings (SSSR count). The molecule has 21 heavy (non-hydrogen) atoms. The molecule has 0 aromatic carbocycles. The molecule has 1 aliphatic heterocycles. The molecule has 0 aromatic rings. The number of rotatable bonds is 11. The van der Waals surface area contributed by atoms with Crippen molar-refractivity contribution in [3.05, 3.63) is 0 Å². The van der Waals surface area contributed by atoms with Gasteiger partial charge in [-0.15, -0.1) is 0 Å². The molecule has 0 unspecified atom stereocenters. The zero-order chi connectivity index (χ0) is 15.5. The summed E-state index contributed by atoms with van der Waals surface area (Å²) in [5.74, 6) is 1.66. The molecule has 3 heteroatoms. The van der Waals surface area contributed by atoms with Gasteiger partial charge in [0.2, 0.25) is 0 Å². The standard InChI is InChI=1S/C18H39N3/c1-16(2)6-8-18(9-7-17(3)4)20-10-5-13-21-14-11-19-12-15-21/h16-20H,5-15H2,1-4H3. The molecular formula is C18H39N3. The summed E-state index contributed by atoms with van der Waals surface area (Å²) in [5, 5.41) is 7.25. The number of hydrogen-bond donors (Lipinski definition) is 2. The number of piperazine rings is 1. The predicted molar refractivity (Wildman–Crippen MR) is 93.9 cm³/mol. The van der Waals surface area contributed by atoms with Crippen molar-refractivity contribution in [2.75, 3.05) is 39.3 Å². The summed E-state index contributed by atoms with van der Waals surface area (Å²) >= 11 is 0. The summed E-state index contributed by atoms with van der Waals surface area (Å²) in [6.45, 7) is 16.6. The summed E-state index contributed by atoms with van der Waals surface area (Å²) < 4.78 is 0. The Morgan fingerprint density at radius 3 is 2.00 bits per heavy atom. The first-order valence-corrected chi connectivity index (χ1v) is 9.24. The van der Waals surface area contributed by atoms with Crippen LogP contribution in [0.15, 0.2) is 0 Å². The Bertz CT molecular complexity index is 223. The molecule has 0 bridgehead atoms. The van der Waals surface area contributed by atoms with Gasteiger partial charge in [-0.25, -0.2) is 0 Å². The van der Waals surface area contributed by atoms with E-state index in [1.165, 1.54) is 71.4 Å². The highest BCUT2D eigenvalue weighted by Crippen LogP contribution is 2.14. The summed E-state index contributed by atoms with van der Waals surface area (Å²) in [4.78, 5) is 2.59. The quantitative estimate of drug-likeness (QED) is 0.574. The van der Waals surface area contributed by atoms with Crippen molar-refractivity contribution in [2.45, 2.75) is 65.8 Å². The Morgan fingerprint density at radius 2 is 1.48 bits per heavy atom. The molecule has 126 valence electrons. The maximum Gasteiger partial charge on any atom is 0.0107 e. The average molecular weight is 298 g/mol. The third kappa shape index (κ3) is 10.3. The van der Waals surface area contributed by atoms with Gasteiger partial charge in [0.05, 0.1) is 0 Å². The first kappa shape index (κ1) is 18.9. The lowest BCUT2D eigenvalue weighted by atomic mass is 9.97. The Balaban J connectivity index is 2.14. The maximum absolute atomic E-state index is 3.83. The normalized spacial score (nSPS) is 17.3. The Kier molecular flexibility index (Phi) is 10.3. The minimum atomic E-state index is 0.734. The fraction of sp³-hybridized carbons (Fsp3) is 1.00. The van der Waals surface area contributed by atoms with E-state index in [1.54, 1.807) is 0 Å². The van der Waals surface area contributed by atoms with E-state index in [0.717, 1.165) is 17.9 Å². The van der Waals surface area contributed by atoms with Crippen molar-refractivity contribution < 1.29 is 0 Å². The lowest BCUT2D eigenvalue weighted by Gasteiger charge is -2.27. The second-order valence-corrected chi connectivity index (χ2v) is 7.54. The largest absolute Gasteiger partial charge is 0.314 e. The molecule has 1 saturated heterocycles. The molecule has 3 nitrogen and oxygen atoms in total. The van der Waals surface area contributed by atoms with E-state index in [-0.39, 0.29) is 0 Å². The monoisotopic (exact) mass is 297 g/mol. The molecule has 0 amide bonds. The molecule has 1 fully saturated rings. The smallest absolute Gasteiger partial charge is 0.0107 e. The second kappa shape index (κ2) is 11.4. The zero-order valence-corrected chi connectivity index (χ0v) is 15.0. The van der Waals surface area contributed by atoms with Crippen molar-refractivity contribution in [2.24, 2.45) is 11.8 Å². The van der Waals surface area contributed by atoms with E-state index >= 15 is 0 Å². The summed E-state index contributed by atoms with van der Waals surface area (Å²) in [7, 11) is 0. The van der Waals surface area contributed by atoms with E-state index in [0.29, 0.717) is 0 Å². The zero-order valence-electron chi connectivity index (χ0n) is 15.0. The lowest BCUT2D eigenvalue weighted by Crippen LogP contribution is -2.44. The SMILES string of the molecule is CC(C)CCC(CCC(C)C)NCCCN1CCNCC1. The molecule has 2 N–H and O–H groups in total. The molecule has 1 heterocycles. The molecular weight excluding hydrogens is 258 g/mol. The number of nitrogens with one attached hydrogen (secondary N) is 2. The molecule has 1 aliphatic rings. The summed E-state index contributed by atoms with van der Waals surface area (Å²) in [6.07, 6.45) is 6.69. The molecule has 0 radical (unpaired) electrons. The van der Waals surface area contributed by atoms with Crippen LogP contribution in [0.25, 0.3) is 0 Å². The van der Waals surface area contributed by atoms with E-state index in [1.807, 2.05) is 0 Å². The van der Waals surface area contributed by atoms with Crippen molar-refractivity contribution >= 4 is 0 Å². The topological polar surface area (TPSA) is 27.3 Å². The third-order valence-electron chi connectivity index (χ3n) is 4.48. The van der Waals surface area contributed by atoms with Crippen molar-refractivity contribution in [1.82, 2.24) is 15.5 Å². The van der Waals surface area contributed by atoms with Crippen LogP contribution < -0.4 is 10.6 Å². The van der Waals surface area contributed by atoms with Crippen LogP contribution in [0.1, 0.15) is 59.8 Å². The van der Waals surface area contributed by atoms with Crippen LogP contribution in [-0.2, 0) is 0 Å². The van der Waals surface area contributed by atoms with Crippen LogP contribution in [-0.4, -0.2) is 50.2 Å². The molecule has 0 saturated carbocycles. The number of hydrogen-bond acceptors (Lipinski definition) is 3. The van der Waals surface area contributed by atoms with Crippen molar-refractivity contribution in [3.8, 4) is 0 Å². The molecule has 0 spiro atoms. The van der Waals surface area contributed by atoms with Gasteiger partial charge in [0.25, 0.3) is 0 Å². The fourth-order valence-electron chi connectivity index (χ4n) is 2.96. The van der Waals surface area contributed by atoms with Gasteiger partial charge in [-0.3, -0.25) is 0 Å². The van der Waals surface area contributed by atoms with Gasteiger partial charge >= 0.3 is 0 Å². The lowest BCUT2D eigenvalue weighted by molar-refractivity contribution is 0.235. The van der Waals surface area contributed by atoms with E-state index < -0.39 is 0 Å². The van der Waals surface area contributed by atoms with Gasteiger partial charge < -0.3 is 15.5 Å². The molecule has 0 aromatic heterocycles. The second-order valence-electron chi connectivity index (χ2n) is 7.54. The summed E-state index contributed by atoms with van der Waals surface area (Å²) in [5.41, 5.74) is 0.